The van der Waals surface area contributed by atoms with Crippen LogP contribution >= 0.6 is 0 Å². The van der Waals surface area contributed by atoms with E-state index in [0.29, 0.717) is 12.1 Å². The van der Waals surface area contributed by atoms with Crippen molar-refractivity contribution >= 4 is 23.3 Å². The average molecular weight is 430 g/mol. The molecule has 0 aliphatic rings. The van der Waals surface area contributed by atoms with Crippen molar-refractivity contribution < 1.29 is 4.39 Å². The Hall–Kier alpha value is -4.56. The number of fused-ring (bicyclic) bond motifs is 1. The van der Waals surface area contributed by atoms with Crippen LogP contribution in [0.3, 0.4) is 0 Å². The van der Waals surface area contributed by atoms with Gasteiger partial charge >= 0.3 is 0 Å². The Morgan fingerprint density at radius 3 is 2.36 bits per heavy atom. The minimum atomic E-state index is -0.545. The molecule has 5 rings (SSSR count). The molecule has 0 saturated carbocycles. The molecule has 5 heteroatoms. The summed E-state index contributed by atoms with van der Waals surface area (Å²) < 4.78 is 16.2. The summed E-state index contributed by atoms with van der Waals surface area (Å²) in [6, 6.07) is 28.5. The summed E-state index contributed by atoms with van der Waals surface area (Å²) in [5.41, 5.74) is 5.12. The van der Waals surface area contributed by atoms with Crippen molar-refractivity contribution in [3.63, 3.8) is 0 Å². The number of nitriles is 1. The highest BCUT2D eigenvalue weighted by molar-refractivity contribution is 5.81. The molecule has 3 aromatic carbocycles. The Morgan fingerprint density at radius 2 is 1.64 bits per heavy atom. The van der Waals surface area contributed by atoms with Gasteiger partial charge in [0.05, 0.1) is 12.1 Å². The molecular formula is C28H19FN4. The van der Waals surface area contributed by atoms with Gasteiger partial charge in [-0.1, -0.05) is 72.8 Å². The summed E-state index contributed by atoms with van der Waals surface area (Å²) in [5, 5.41) is 8.99. The lowest BCUT2D eigenvalue weighted by Gasteiger charge is -2.07. The second-order valence-corrected chi connectivity index (χ2v) is 7.66. The van der Waals surface area contributed by atoms with Gasteiger partial charge in [0, 0.05) is 11.8 Å². The number of hydrogen-bond acceptors (Lipinski definition) is 3. The lowest BCUT2D eigenvalue weighted by Crippen LogP contribution is -2.03. The molecule has 0 fully saturated rings. The first-order chi connectivity index (χ1) is 16.2. The zero-order chi connectivity index (χ0) is 22.6. The van der Waals surface area contributed by atoms with Crippen molar-refractivity contribution in [2.24, 2.45) is 0 Å². The number of nitrogens with zero attached hydrogens (tertiary/aromatic N) is 4. The van der Waals surface area contributed by atoms with Gasteiger partial charge in [0.2, 0.25) is 0 Å². The van der Waals surface area contributed by atoms with Crippen LogP contribution in [0.4, 0.5) is 4.39 Å². The fourth-order valence-corrected chi connectivity index (χ4v) is 3.76. The van der Waals surface area contributed by atoms with E-state index in [2.05, 4.69) is 21.7 Å². The molecule has 2 aromatic heterocycles. The van der Waals surface area contributed by atoms with E-state index in [-0.39, 0.29) is 5.56 Å². The number of pyridine rings is 1. The van der Waals surface area contributed by atoms with Gasteiger partial charge in [0.15, 0.2) is 5.65 Å². The van der Waals surface area contributed by atoms with Gasteiger partial charge in [0.1, 0.15) is 23.2 Å². The van der Waals surface area contributed by atoms with Crippen LogP contribution in [0.25, 0.3) is 34.4 Å². The first-order valence-electron chi connectivity index (χ1n) is 10.5. The van der Waals surface area contributed by atoms with Crippen LogP contribution in [-0.2, 0) is 6.54 Å². The largest absolute Gasteiger partial charge is 0.305 e. The highest BCUT2D eigenvalue weighted by Crippen LogP contribution is 2.26. The summed E-state index contributed by atoms with van der Waals surface area (Å²) in [6.45, 7) is 0.629. The second-order valence-electron chi connectivity index (χ2n) is 7.66. The number of imidazole rings is 1. The fourth-order valence-electron chi connectivity index (χ4n) is 3.76. The van der Waals surface area contributed by atoms with Crippen LogP contribution < -0.4 is 0 Å². The minimum absolute atomic E-state index is 0.0215. The number of halogens is 1. The fraction of sp³-hybridized carbons (Fsp3) is 0.0357. The van der Waals surface area contributed by atoms with Crippen molar-refractivity contribution in [2.75, 3.05) is 0 Å². The third kappa shape index (κ3) is 4.28. The molecule has 0 N–H and O–H groups in total. The maximum absolute atomic E-state index is 14.2. The van der Waals surface area contributed by atoms with Crippen molar-refractivity contribution in [3.05, 3.63) is 119 Å². The smallest absolute Gasteiger partial charge is 0.160 e. The standard InChI is InChI=1S/C28H19FN4/c29-25-15-22(12-13-23(25)17-30)24-16-26-28(31-18-24)33(19-21-9-5-2-6-10-21)27(32-26)14-11-20-7-3-1-4-8-20/h1-16,18H,19H2/b14-11+. The predicted octanol–water partition coefficient (Wildman–Crippen LogP) is 6.33. The molecule has 0 aliphatic heterocycles. The maximum Gasteiger partial charge on any atom is 0.160 e. The molecule has 158 valence electrons. The predicted molar refractivity (Wildman–Crippen MR) is 129 cm³/mol. The van der Waals surface area contributed by atoms with Crippen molar-refractivity contribution in [3.8, 4) is 17.2 Å². The lowest BCUT2D eigenvalue weighted by molar-refractivity contribution is 0.624. The van der Waals surface area contributed by atoms with Gasteiger partial charge in [-0.15, -0.1) is 0 Å². The lowest BCUT2D eigenvalue weighted by atomic mass is 10.1. The van der Waals surface area contributed by atoms with Gasteiger partial charge in [-0.2, -0.15) is 5.26 Å². The zero-order valence-corrected chi connectivity index (χ0v) is 17.7. The molecule has 5 aromatic rings. The quantitative estimate of drug-likeness (QED) is 0.327. The maximum atomic E-state index is 14.2. The Kier molecular flexibility index (Phi) is 5.48. The van der Waals surface area contributed by atoms with E-state index in [1.807, 2.05) is 72.8 Å². The molecule has 0 aliphatic carbocycles. The summed E-state index contributed by atoms with van der Waals surface area (Å²) in [7, 11) is 0. The molecule has 0 spiro atoms. The van der Waals surface area contributed by atoms with Crippen molar-refractivity contribution in [1.82, 2.24) is 14.5 Å². The van der Waals surface area contributed by atoms with Crippen molar-refractivity contribution in [1.29, 1.82) is 5.26 Å². The third-order valence-corrected chi connectivity index (χ3v) is 5.45. The highest BCUT2D eigenvalue weighted by atomic mass is 19.1. The van der Waals surface area contributed by atoms with Crippen molar-refractivity contribution in [2.45, 2.75) is 6.54 Å². The van der Waals surface area contributed by atoms with Crippen LogP contribution in [0, 0.1) is 17.1 Å². The van der Waals surface area contributed by atoms with E-state index in [1.54, 1.807) is 12.3 Å². The van der Waals surface area contributed by atoms with E-state index >= 15 is 0 Å². The number of hydrogen-bond donors (Lipinski definition) is 0. The Labute approximate surface area is 190 Å². The molecule has 0 atom stereocenters. The summed E-state index contributed by atoms with van der Waals surface area (Å²) in [6.07, 6.45) is 5.73. The number of rotatable bonds is 5. The molecule has 0 saturated heterocycles. The normalized spacial score (nSPS) is 11.2. The molecule has 0 bridgehead atoms. The molecular weight excluding hydrogens is 411 g/mol. The topological polar surface area (TPSA) is 54.5 Å². The van der Waals surface area contributed by atoms with Gasteiger partial charge < -0.3 is 4.57 Å². The second kappa shape index (κ2) is 8.89. The summed E-state index contributed by atoms with van der Waals surface area (Å²) in [5.74, 6) is 0.240. The van der Waals surface area contributed by atoms with Crippen LogP contribution in [0.15, 0.2) is 91.1 Å². The van der Waals surface area contributed by atoms with E-state index < -0.39 is 5.82 Å². The van der Waals surface area contributed by atoms with Crippen LogP contribution in [0.2, 0.25) is 0 Å². The third-order valence-electron chi connectivity index (χ3n) is 5.45. The van der Waals surface area contributed by atoms with Crippen LogP contribution in [0.5, 0.6) is 0 Å². The Balaban J connectivity index is 1.59. The monoisotopic (exact) mass is 430 g/mol. The molecule has 0 amide bonds. The van der Waals surface area contributed by atoms with Crippen LogP contribution in [0.1, 0.15) is 22.5 Å². The average Bonchev–Trinajstić information content (AvgIpc) is 3.20. The SMILES string of the molecule is N#Cc1ccc(-c2cnc3c(c2)nc(/C=C/c2ccccc2)n3Cc2ccccc2)cc1F. The molecule has 33 heavy (non-hydrogen) atoms. The molecule has 2 heterocycles. The molecule has 0 radical (unpaired) electrons. The Morgan fingerprint density at radius 1 is 0.879 bits per heavy atom. The zero-order valence-electron chi connectivity index (χ0n) is 17.7. The van der Waals surface area contributed by atoms with Gasteiger partial charge in [-0.05, 0) is 41.0 Å². The molecule has 4 nitrogen and oxygen atoms in total. The van der Waals surface area contributed by atoms with E-state index in [4.69, 9.17) is 10.2 Å². The van der Waals surface area contributed by atoms with E-state index in [0.717, 1.165) is 33.7 Å². The Bertz CT molecular complexity index is 1500. The van der Waals surface area contributed by atoms with Gasteiger partial charge in [-0.25, -0.2) is 14.4 Å². The van der Waals surface area contributed by atoms with Crippen LogP contribution in [-0.4, -0.2) is 14.5 Å². The molecule has 0 unspecified atom stereocenters. The van der Waals surface area contributed by atoms with Gasteiger partial charge in [0.25, 0.3) is 0 Å². The summed E-state index contributed by atoms with van der Waals surface area (Å²) >= 11 is 0. The first-order valence-corrected chi connectivity index (χ1v) is 10.5. The minimum Gasteiger partial charge on any atom is -0.305 e. The van der Waals surface area contributed by atoms with E-state index in [9.17, 15) is 4.39 Å². The highest BCUT2D eigenvalue weighted by Gasteiger charge is 2.13. The number of aromatic nitrogens is 3. The summed E-state index contributed by atoms with van der Waals surface area (Å²) in [4.78, 5) is 9.51. The number of benzene rings is 3. The first kappa shape index (κ1) is 20.3. The van der Waals surface area contributed by atoms with E-state index in [1.165, 1.54) is 12.1 Å². The van der Waals surface area contributed by atoms with Gasteiger partial charge in [-0.3, -0.25) is 0 Å².